The van der Waals surface area contributed by atoms with E-state index in [-0.39, 0.29) is 36.0 Å². The van der Waals surface area contributed by atoms with Crippen molar-refractivity contribution in [1.29, 1.82) is 5.26 Å². The molecule has 2 fully saturated rings. The monoisotopic (exact) mass is 791 g/mol. The topological polar surface area (TPSA) is 190 Å². The van der Waals surface area contributed by atoms with Crippen molar-refractivity contribution in [3.8, 4) is 6.07 Å². The van der Waals surface area contributed by atoms with Crippen molar-refractivity contribution in [3.05, 3.63) is 60.0 Å². The van der Waals surface area contributed by atoms with Crippen molar-refractivity contribution >= 4 is 43.7 Å². The number of aromatic nitrogens is 3. The molecule has 15 nitrogen and oxygen atoms in total. The second-order valence-corrected chi connectivity index (χ2v) is 21.0. The number of carbonyl (C=O) groups is 4. The van der Waals surface area contributed by atoms with Crippen molar-refractivity contribution in [3.63, 3.8) is 0 Å². The van der Waals surface area contributed by atoms with Crippen LogP contribution < -0.4 is 5.32 Å². The van der Waals surface area contributed by atoms with Gasteiger partial charge < -0.3 is 28.1 Å². The summed E-state index contributed by atoms with van der Waals surface area (Å²) in [5.41, 5.74) is -1.26. The lowest BCUT2D eigenvalue weighted by molar-refractivity contribution is -0.163. The number of hydrogen-bond donors (Lipinski definition) is 1. The maximum absolute atomic E-state index is 13.7. The molecule has 5 atom stereocenters. The van der Waals surface area contributed by atoms with Crippen LogP contribution in [0.4, 0.5) is 10.6 Å². The van der Waals surface area contributed by atoms with Crippen LogP contribution >= 0.6 is 0 Å². The fraction of sp³-hybridized carbons (Fsp3) is 0.575. The summed E-state index contributed by atoms with van der Waals surface area (Å²) in [7, 11) is -2.53. The SMILES string of the molecule is C[C@@H](Cc1ccccc1)C(=O)OC[C@H]1O[C@@](C#N)(c2ccc3c(NC(=O)OCOC(=O)C(C)(C)C)ncnn23)[C@H](O[Si](C)(C)C)[C@@H]1OC(=O)CC1CCCCC1. The number of esters is 3. The Morgan fingerprint density at radius 3 is 2.41 bits per heavy atom. The van der Waals surface area contributed by atoms with Gasteiger partial charge in [-0.05, 0) is 83.3 Å². The van der Waals surface area contributed by atoms with Gasteiger partial charge in [-0.15, -0.1) is 0 Å². The molecule has 2 aliphatic rings. The van der Waals surface area contributed by atoms with E-state index in [0.29, 0.717) is 6.42 Å². The van der Waals surface area contributed by atoms with Crippen LogP contribution in [0.15, 0.2) is 48.8 Å². The number of rotatable bonds is 14. The molecule has 1 saturated carbocycles. The molecule has 3 aromatic rings. The van der Waals surface area contributed by atoms with Gasteiger partial charge in [0.05, 0.1) is 17.0 Å². The smallest absolute Gasteiger partial charge is 0.415 e. The van der Waals surface area contributed by atoms with Crippen LogP contribution in [-0.2, 0) is 54.5 Å². The van der Waals surface area contributed by atoms with E-state index in [9.17, 15) is 24.4 Å². The number of nitriles is 1. The lowest BCUT2D eigenvalue weighted by Gasteiger charge is -2.34. The zero-order valence-electron chi connectivity index (χ0n) is 33.2. The maximum Gasteiger partial charge on any atom is 0.415 e. The number of anilines is 1. The first-order valence-corrected chi connectivity index (χ1v) is 22.5. The highest BCUT2D eigenvalue weighted by atomic mass is 28.4. The van der Waals surface area contributed by atoms with Crippen LogP contribution in [0.2, 0.25) is 19.6 Å². The van der Waals surface area contributed by atoms with Gasteiger partial charge in [-0.3, -0.25) is 19.7 Å². The molecular weight excluding hydrogens is 739 g/mol. The molecule has 1 saturated heterocycles. The molecule has 1 aliphatic carbocycles. The molecule has 5 rings (SSSR count). The minimum absolute atomic E-state index is 0.0282. The average Bonchev–Trinajstić information content (AvgIpc) is 3.70. The van der Waals surface area contributed by atoms with Gasteiger partial charge in [-0.25, -0.2) is 14.3 Å². The molecule has 0 radical (unpaired) electrons. The largest absolute Gasteiger partial charge is 0.463 e. The van der Waals surface area contributed by atoms with Gasteiger partial charge in [0.25, 0.3) is 0 Å². The molecule has 1 aliphatic heterocycles. The standard InChI is InChI=1S/C40H53N5O10Si/c1-26(20-27-14-10-8-11-15-27)36(47)50-22-30-33(53-32(46)21-28-16-12-9-13-17-28)34(55-56(5,6)7)40(23-41,54-30)31-19-18-29-35(42-24-43-45(29)31)44-38(49)52-25-51-37(48)39(2,3)4/h8,10-11,14-15,18-19,24,26,28,30,33-34H,9,12-13,16-17,20-22,25H2,1-7H3,(H,42,43,44,49)/t26-,30+,33+,34+,40-/m0/s1. The molecule has 0 spiro atoms. The Hall–Kier alpha value is -4.85. The first-order valence-electron chi connectivity index (χ1n) is 19.1. The van der Waals surface area contributed by atoms with Gasteiger partial charge in [-0.2, -0.15) is 10.4 Å². The van der Waals surface area contributed by atoms with E-state index in [1.807, 2.05) is 50.0 Å². The van der Waals surface area contributed by atoms with E-state index in [0.717, 1.165) is 37.7 Å². The van der Waals surface area contributed by atoms with E-state index in [1.165, 1.54) is 10.8 Å². The molecule has 3 heterocycles. The second-order valence-electron chi connectivity index (χ2n) is 16.5. The highest BCUT2D eigenvalue weighted by Gasteiger charge is 2.62. The first-order chi connectivity index (χ1) is 26.5. The van der Waals surface area contributed by atoms with Gasteiger partial charge in [0.2, 0.25) is 12.4 Å². The summed E-state index contributed by atoms with van der Waals surface area (Å²) in [4.78, 5) is 56.0. The van der Waals surface area contributed by atoms with Gasteiger partial charge in [-0.1, -0.05) is 56.5 Å². The number of hydrogen-bond acceptors (Lipinski definition) is 13. The highest BCUT2D eigenvalue weighted by Crippen LogP contribution is 2.45. The summed E-state index contributed by atoms with van der Waals surface area (Å²) >= 11 is 0. The fourth-order valence-electron chi connectivity index (χ4n) is 6.93. The Labute approximate surface area is 328 Å². The molecule has 1 N–H and O–H groups in total. The third-order valence-electron chi connectivity index (χ3n) is 9.72. The van der Waals surface area contributed by atoms with E-state index < -0.39 is 74.4 Å². The molecule has 0 unspecified atom stereocenters. The molecule has 16 heteroatoms. The normalized spacial score (nSPS) is 22.1. The molecular formula is C40H53N5O10Si. The fourth-order valence-corrected chi connectivity index (χ4v) is 7.99. The quantitative estimate of drug-likeness (QED) is 0.0811. The number of fused-ring (bicyclic) bond motifs is 1. The molecule has 302 valence electrons. The van der Waals surface area contributed by atoms with E-state index in [4.69, 9.17) is 28.1 Å². The summed E-state index contributed by atoms with van der Waals surface area (Å²) < 4.78 is 36.9. The third kappa shape index (κ3) is 10.5. The summed E-state index contributed by atoms with van der Waals surface area (Å²) in [6.45, 7) is 11.7. The highest BCUT2D eigenvalue weighted by molar-refractivity contribution is 6.69. The first kappa shape index (κ1) is 42.3. The Balaban J connectivity index is 1.45. The predicted molar refractivity (Wildman–Crippen MR) is 205 cm³/mol. The van der Waals surface area contributed by atoms with Gasteiger partial charge in [0.1, 0.15) is 36.7 Å². The molecule has 2 aromatic heterocycles. The zero-order chi connectivity index (χ0) is 40.7. The van der Waals surface area contributed by atoms with Gasteiger partial charge in [0.15, 0.2) is 20.2 Å². The lowest BCUT2D eigenvalue weighted by atomic mass is 9.87. The van der Waals surface area contributed by atoms with Crippen LogP contribution in [0.5, 0.6) is 0 Å². The van der Waals surface area contributed by atoms with Crippen molar-refractivity contribution in [2.24, 2.45) is 17.3 Å². The van der Waals surface area contributed by atoms with E-state index in [1.54, 1.807) is 39.8 Å². The van der Waals surface area contributed by atoms with Crippen LogP contribution in [0.1, 0.15) is 77.5 Å². The van der Waals surface area contributed by atoms with Gasteiger partial charge in [0, 0.05) is 6.42 Å². The molecule has 56 heavy (non-hydrogen) atoms. The maximum atomic E-state index is 13.7. The summed E-state index contributed by atoms with van der Waals surface area (Å²) in [5, 5.41) is 18.0. The number of nitrogens with one attached hydrogen (secondary N) is 1. The van der Waals surface area contributed by atoms with Crippen LogP contribution in [0.25, 0.3) is 5.52 Å². The van der Waals surface area contributed by atoms with Crippen LogP contribution in [-0.4, -0.2) is 78.6 Å². The predicted octanol–water partition coefficient (Wildman–Crippen LogP) is 6.47. The van der Waals surface area contributed by atoms with E-state index in [2.05, 4.69) is 21.5 Å². The van der Waals surface area contributed by atoms with Crippen molar-refractivity contribution in [2.45, 2.75) is 116 Å². The van der Waals surface area contributed by atoms with Gasteiger partial charge >= 0.3 is 24.0 Å². The third-order valence-corrected chi connectivity index (χ3v) is 10.7. The molecule has 0 bridgehead atoms. The second kappa shape index (κ2) is 17.9. The minimum Gasteiger partial charge on any atom is -0.463 e. The Morgan fingerprint density at radius 2 is 1.75 bits per heavy atom. The lowest BCUT2D eigenvalue weighted by Crippen LogP contribution is -2.50. The number of ether oxygens (including phenoxy) is 5. The number of amides is 1. The zero-order valence-corrected chi connectivity index (χ0v) is 34.2. The minimum atomic E-state index is -2.53. The summed E-state index contributed by atoms with van der Waals surface area (Å²) in [5.74, 6) is -1.75. The van der Waals surface area contributed by atoms with Crippen molar-refractivity contribution in [1.82, 2.24) is 14.6 Å². The Kier molecular flexibility index (Phi) is 13.6. The number of carbonyl (C=O) groups excluding carboxylic acids is 4. The number of benzene rings is 1. The Morgan fingerprint density at radius 1 is 1.04 bits per heavy atom. The average molecular weight is 792 g/mol. The van der Waals surface area contributed by atoms with Crippen molar-refractivity contribution in [2.75, 3.05) is 18.7 Å². The number of nitrogens with zero attached hydrogens (tertiary/aromatic N) is 4. The van der Waals surface area contributed by atoms with Crippen LogP contribution in [0, 0.1) is 28.6 Å². The summed E-state index contributed by atoms with van der Waals surface area (Å²) in [6, 6.07) is 15.1. The Bertz CT molecular complexity index is 1900. The summed E-state index contributed by atoms with van der Waals surface area (Å²) in [6.07, 6.45) is 2.59. The van der Waals surface area contributed by atoms with Crippen LogP contribution in [0.3, 0.4) is 0 Å². The molecule has 1 amide bonds. The molecule has 1 aromatic carbocycles. The van der Waals surface area contributed by atoms with E-state index >= 15 is 0 Å². The van der Waals surface area contributed by atoms with Crippen molar-refractivity contribution < 1.29 is 47.3 Å².